The van der Waals surface area contributed by atoms with Crippen molar-refractivity contribution in [2.45, 2.75) is 38.7 Å². The Hall–Kier alpha value is -2.20. The summed E-state index contributed by atoms with van der Waals surface area (Å²) in [5, 5.41) is 0. The van der Waals surface area contributed by atoms with Crippen molar-refractivity contribution in [2.75, 3.05) is 0 Å². The molecule has 1 fully saturated rings. The van der Waals surface area contributed by atoms with E-state index in [9.17, 15) is 8.78 Å². The van der Waals surface area contributed by atoms with Crippen LogP contribution < -0.4 is 4.74 Å². The van der Waals surface area contributed by atoms with Crippen molar-refractivity contribution in [3.8, 4) is 27.3 Å². The van der Waals surface area contributed by atoms with Crippen LogP contribution in [0.15, 0.2) is 48.5 Å². The highest BCUT2D eigenvalue weighted by Crippen LogP contribution is 2.35. The molecule has 3 aromatic rings. The maximum absolute atomic E-state index is 14.6. The molecule has 4 rings (SSSR count). The molecule has 1 saturated carbocycles. The van der Waals surface area contributed by atoms with E-state index in [4.69, 9.17) is 4.74 Å². The van der Waals surface area contributed by atoms with E-state index in [2.05, 4.69) is 0 Å². The molecule has 0 aliphatic heterocycles. The molecule has 1 aliphatic rings. The summed E-state index contributed by atoms with van der Waals surface area (Å²) in [6.07, 6.45) is 4.59. The summed E-state index contributed by atoms with van der Waals surface area (Å²) in [6.45, 7) is 2.03. The van der Waals surface area contributed by atoms with E-state index in [1.165, 1.54) is 29.9 Å². The number of ether oxygens (including phenoxy) is 1. The molecular weight excluding hydrogens is 350 g/mol. The monoisotopic (exact) mass is 370 g/mol. The van der Waals surface area contributed by atoms with E-state index >= 15 is 0 Å². The third kappa shape index (κ3) is 3.38. The van der Waals surface area contributed by atoms with Gasteiger partial charge in [0.25, 0.3) is 0 Å². The predicted molar refractivity (Wildman–Crippen MR) is 103 cm³/mol. The molecule has 1 aromatic heterocycles. The van der Waals surface area contributed by atoms with Gasteiger partial charge in [-0.15, -0.1) is 11.3 Å². The van der Waals surface area contributed by atoms with E-state index in [0.29, 0.717) is 16.5 Å². The molecule has 134 valence electrons. The highest BCUT2D eigenvalue weighted by atomic mass is 32.1. The van der Waals surface area contributed by atoms with Crippen molar-refractivity contribution in [3.63, 3.8) is 0 Å². The molecule has 1 nitrogen and oxygen atoms in total. The maximum atomic E-state index is 14.6. The van der Waals surface area contributed by atoms with Gasteiger partial charge in [0.2, 0.25) is 0 Å². The standard InChI is InChI=1S/C22H20F2OS/c1-2-18-10-11-21(26-18)22-19(23)12-15(13-20(22)24)14-6-8-17(9-7-14)25-16-4-3-5-16/h6-13,16H,2-5H2,1H3. The molecule has 0 atom stereocenters. The van der Waals surface area contributed by atoms with Gasteiger partial charge in [0.05, 0.1) is 11.7 Å². The van der Waals surface area contributed by atoms with E-state index in [1.807, 2.05) is 37.3 Å². The lowest BCUT2D eigenvalue weighted by Crippen LogP contribution is -2.24. The van der Waals surface area contributed by atoms with Crippen LogP contribution in [0, 0.1) is 11.6 Å². The predicted octanol–water partition coefficient (Wildman–Crippen LogP) is 6.85. The van der Waals surface area contributed by atoms with Crippen LogP contribution in [0.5, 0.6) is 5.75 Å². The first-order valence-corrected chi connectivity index (χ1v) is 9.81. The Morgan fingerprint density at radius 2 is 1.65 bits per heavy atom. The Bertz CT molecular complexity index is 887. The Balaban J connectivity index is 1.61. The second-order valence-corrected chi connectivity index (χ2v) is 7.80. The number of hydrogen-bond donors (Lipinski definition) is 0. The summed E-state index contributed by atoms with van der Waals surface area (Å²) in [7, 11) is 0. The molecule has 1 aliphatic carbocycles. The number of aryl methyl sites for hydroxylation is 1. The highest BCUT2D eigenvalue weighted by molar-refractivity contribution is 7.15. The molecule has 0 bridgehead atoms. The number of halogens is 2. The van der Waals surface area contributed by atoms with Crippen molar-refractivity contribution in [3.05, 3.63) is 65.0 Å². The second kappa shape index (κ2) is 7.20. The SMILES string of the molecule is CCc1ccc(-c2c(F)cc(-c3ccc(OC4CCC4)cc3)cc2F)s1. The molecule has 0 unspecified atom stereocenters. The summed E-state index contributed by atoms with van der Waals surface area (Å²) >= 11 is 1.43. The topological polar surface area (TPSA) is 9.23 Å². The number of rotatable bonds is 5. The summed E-state index contributed by atoms with van der Waals surface area (Å²) in [5.41, 5.74) is 1.37. The average molecular weight is 370 g/mol. The van der Waals surface area contributed by atoms with Crippen molar-refractivity contribution < 1.29 is 13.5 Å². The van der Waals surface area contributed by atoms with Crippen molar-refractivity contribution in [1.82, 2.24) is 0 Å². The molecule has 0 N–H and O–H groups in total. The van der Waals surface area contributed by atoms with Gasteiger partial charge in [-0.05, 0) is 73.2 Å². The first-order chi connectivity index (χ1) is 12.6. The zero-order valence-electron chi connectivity index (χ0n) is 14.6. The van der Waals surface area contributed by atoms with Gasteiger partial charge in [-0.25, -0.2) is 8.78 Å². The van der Waals surface area contributed by atoms with Crippen LogP contribution in [-0.4, -0.2) is 6.10 Å². The summed E-state index contributed by atoms with van der Waals surface area (Å²) in [5.74, 6) is -0.250. The van der Waals surface area contributed by atoms with Crippen LogP contribution in [0.1, 0.15) is 31.1 Å². The fourth-order valence-corrected chi connectivity index (χ4v) is 4.08. The average Bonchev–Trinajstić information content (AvgIpc) is 3.07. The second-order valence-electron chi connectivity index (χ2n) is 6.63. The summed E-state index contributed by atoms with van der Waals surface area (Å²) in [4.78, 5) is 1.75. The van der Waals surface area contributed by atoms with Crippen LogP contribution in [-0.2, 0) is 6.42 Å². The minimum Gasteiger partial charge on any atom is -0.490 e. The van der Waals surface area contributed by atoms with Gasteiger partial charge in [0.1, 0.15) is 17.4 Å². The molecule has 0 spiro atoms. The normalized spacial score (nSPS) is 14.3. The first kappa shape index (κ1) is 17.2. The van der Waals surface area contributed by atoms with Crippen molar-refractivity contribution in [2.24, 2.45) is 0 Å². The molecule has 1 heterocycles. The van der Waals surface area contributed by atoms with Crippen molar-refractivity contribution >= 4 is 11.3 Å². The highest BCUT2D eigenvalue weighted by Gasteiger charge is 2.19. The largest absolute Gasteiger partial charge is 0.490 e. The van der Waals surface area contributed by atoms with Crippen LogP contribution in [0.4, 0.5) is 8.78 Å². The molecule has 26 heavy (non-hydrogen) atoms. The van der Waals surface area contributed by atoms with Crippen molar-refractivity contribution in [1.29, 1.82) is 0 Å². The van der Waals surface area contributed by atoms with Gasteiger partial charge in [-0.3, -0.25) is 0 Å². The minimum atomic E-state index is -0.528. The molecule has 0 radical (unpaired) electrons. The Morgan fingerprint density at radius 1 is 0.962 bits per heavy atom. The zero-order chi connectivity index (χ0) is 18.1. The quantitative estimate of drug-likeness (QED) is 0.477. The summed E-state index contributed by atoms with van der Waals surface area (Å²) < 4.78 is 35.1. The van der Waals surface area contributed by atoms with Crippen LogP contribution in [0.25, 0.3) is 21.6 Å². The molecule has 4 heteroatoms. The van der Waals surface area contributed by atoms with E-state index < -0.39 is 11.6 Å². The van der Waals surface area contributed by atoms with Crippen LogP contribution >= 0.6 is 11.3 Å². The Morgan fingerprint density at radius 3 is 2.19 bits per heavy atom. The third-order valence-corrected chi connectivity index (χ3v) is 6.09. The Kier molecular flexibility index (Phi) is 4.77. The third-order valence-electron chi connectivity index (χ3n) is 4.84. The molecular formula is C22H20F2OS. The molecule has 2 aromatic carbocycles. The summed E-state index contributed by atoms with van der Waals surface area (Å²) in [6, 6.07) is 14.0. The van der Waals surface area contributed by atoms with Gasteiger partial charge in [0.15, 0.2) is 0 Å². The van der Waals surface area contributed by atoms with Gasteiger partial charge in [-0.1, -0.05) is 19.1 Å². The van der Waals surface area contributed by atoms with Crippen LogP contribution in [0.3, 0.4) is 0 Å². The number of thiophene rings is 1. The maximum Gasteiger partial charge on any atom is 0.135 e. The van der Waals surface area contributed by atoms with Gasteiger partial charge >= 0.3 is 0 Å². The van der Waals surface area contributed by atoms with Crippen LogP contribution in [0.2, 0.25) is 0 Å². The van der Waals surface area contributed by atoms with E-state index in [-0.39, 0.29) is 5.56 Å². The Labute approximate surface area is 156 Å². The smallest absolute Gasteiger partial charge is 0.135 e. The fourth-order valence-electron chi connectivity index (χ4n) is 3.08. The first-order valence-electron chi connectivity index (χ1n) is 8.99. The van der Waals surface area contributed by atoms with Gasteiger partial charge in [0, 0.05) is 9.75 Å². The van der Waals surface area contributed by atoms with E-state index in [0.717, 1.165) is 35.5 Å². The zero-order valence-corrected chi connectivity index (χ0v) is 15.4. The van der Waals surface area contributed by atoms with E-state index in [1.54, 1.807) is 6.07 Å². The van der Waals surface area contributed by atoms with Gasteiger partial charge < -0.3 is 4.74 Å². The number of benzene rings is 2. The lowest BCUT2D eigenvalue weighted by molar-refractivity contribution is 0.120. The van der Waals surface area contributed by atoms with Gasteiger partial charge in [-0.2, -0.15) is 0 Å². The molecule has 0 amide bonds. The number of hydrogen-bond acceptors (Lipinski definition) is 2. The minimum absolute atomic E-state index is 0.0587. The lowest BCUT2D eigenvalue weighted by atomic mass is 9.96. The fraction of sp³-hybridized carbons (Fsp3) is 0.273. The molecule has 0 saturated heterocycles. The lowest BCUT2D eigenvalue weighted by Gasteiger charge is -2.26.